The first-order valence-corrected chi connectivity index (χ1v) is 13.4. The van der Waals surface area contributed by atoms with Crippen molar-refractivity contribution in [2.45, 2.75) is 58.1 Å². The van der Waals surface area contributed by atoms with Gasteiger partial charge < -0.3 is 14.6 Å². The number of carbonyl (C=O) groups is 1. The summed E-state index contributed by atoms with van der Waals surface area (Å²) in [7, 11) is -2.62. The second-order valence-corrected chi connectivity index (χ2v) is 13.8. The molecule has 174 valence electrons. The number of aliphatic hydroxyl groups excluding tert-OH is 2. The Balaban J connectivity index is 2.17. The molecule has 0 saturated heterocycles. The van der Waals surface area contributed by atoms with Gasteiger partial charge in [-0.2, -0.15) is 0 Å². The molecule has 2 atom stereocenters. The van der Waals surface area contributed by atoms with E-state index < -0.39 is 14.4 Å². The smallest absolute Gasteiger partial charge is 0.261 e. The van der Waals surface area contributed by atoms with Crippen LogP contribution >= 0.6 is 0 Å². The Morgan fingerprint density at radius 2 is 1.56 bits per heavy atom. The number of benzene rings is 2. The molecular formula is C27H38O4Si. The maximum atomic E-state index is 11.7. The fraction of sp³-hybridized carbons (Fsp3) is 0.444. The van der Waals surface area contributed by atoms with Gasteiger partial charge >= 0.3 is 0 Å². The lowest BCUT2D eigenvalue weighted by atomic mass is 9.99. The zero-order valence-corrected chi connectivity index (χ0v) is 20.8. The molecule has 0 fully saturated rings. The number of hydrogen-bond acceptors (Lipinski definition) is 4. The quantitative estimate of drug-likeness (QED) is 0.378. The molecule has 0 aliphatic heterocycles. The summed E-state index contributed by atoms with van der Waals surface area (Å²) in [5.74, 6) is -0.0813. The molecule has 2 aromatic carbocycles. The predicted molar refractivity (Wildman–Crippen MR) is 134 cm³/mol. The van der Waals surface area contributed by atoms with Gasteiger partial charge in [-0.25, -0.2) is 0 Å². The number of rotatable bonds is 12. The Labute approximate surface area is 194 Å². The number of aliphatic hydroxyl groups is 2. The standard InChI is InChI=1S/C27H38O4Si/c1-22(26(30)19-11-13-23(29)14-12-20-28)21-31-32(27(2,3)4,24-15-7-5-8-16-24)25-17-9-6-10-18-25/h5-10,12,14-18,22,26,28,30H,11,13,19-21H2,1-4H3/b14-12+/t22-,26-/m0/s1. The summed E-state index contributed by atoms with van der Waals surface area (Å²) in [5, 5.41) is 21.8. The molecule has 0 aliphatic carbocycles. The Bertz CT molecular complexity index is 803. The highest BCUT2D eigenvalue weighted by Gasteiger charge is 2.50. The maximum Gasteiger partial charge on any atom is 0.261 e. The predicted octanol–water partition coefficient (Wildman–Crippen LogP) is 3.85. The molecule has 0 aromatic heterocycles. The van der Waals surface area contributed by atoms with Crippen LogP contribution < -0.4 is 10.4 Å². The third kappa shape index (κ3) is 6.72. The van der Waals surface area contributed by atoms with Crippen molar-refractivity contribution in [2.75, 3.05) is 13.2 Å². The SMILES string of the molecule is C[C@@H](CO[Si](c1ccccc1)(c1ccccc1)C(C)(C)C)[C@@H](O)CCCC(=O)/C=C/CO. The van der Waals surface area contributed by atoms with Crippen LogP contribution in [0.2, 0.25) is 5.04 Å². The summed E-state index contributed by atoms with van der Waals surface area (Å²) in [6.45, 7) is 9.05. The van der Waals surface area contributed by atoms with E-state index in [1.807, 2.05) is 19.1 Å². The van der Waals surface area contributed by atoms with Gasteiger partial charge in [-0.1, -0.05) is 94.4 Å². The molecule has 0 radical (unpaired) electrons. The third-order valence-electron chi connectivity index (χ3n) is 5.97. The molecule has 0 aliphatic rings. The van der Waals surface area contributed by atoms with Gasteiger partial charge in [-0.3, -0.25) is 4.79 Å². The van der Waals surface area contributed by atoms with Crippen LogP contribution in [-0.2, 0) is 9.22 Å². The second kappa shape index (κ2) is 12.3. The largest absolute Gasteiger partial charge is 0.407 e. The lowest BCUT2D eigenvalue weighted by Gasteiger charge is -2.43. The summed E-state index contributed by atoms with van der Waals surface area (Å²) in [5.41, 5.74) is 0. The van der Waals surface area contributed by atoms with Crippen molar-refractivity contribution in [3.05, 3.63) is 72.8 Å². The van der Waals surface area contributed by atoms with Crippen molar-refractivity contribution < 1.29 is 19.4 Å². The first-order chi connectivity index (χ1) is 15.2. The fourth-order valence-electron chi connectivity index (χ4n) is 4.17. The summed E-state index contributed by atoms with van der Waals surface area (Å²) >= 11 is 0. The summed E-state index contributed by atoms with van der Waals surface area (Å²) in [6.07, 6.45) is 3.84. The first kappa shape index (κ1) is 26.2. The van der Waals surface area contributed by atoms with Gasteiger partial charge in [0.05, 0.1) is 12.7 Å². The Morgan fingerprint density at radius 1 is 1.03 bits per heavy atom. The van der Waals surface area contributed by atoms with E-state index in [9.17, 15) is 9.90 Å². The van der Waals surface area contributed by atoms with Crippen LogP contribution in [0.1, 0.15) is 47.0 Å². The van der Waals surface area contributed by atoms with Gasteiger partial charge in [0.2, 0.25) is 0 Å². The molecule has 0 unspecified atom stereocenters. The zero-order chi connectivity index (χ0) is 23.6. The van der Waals surface area contributed by atoms with E-state index in [-0.39, 0.29) is 23.3 Å². The molecule has 0 heterocycles. The minimum atomic E-state index is -2.62. The van der Waals surface area contributed by atoms with E-state index >= 15 is 0 Å². The first-order valence-electron chi connectivity index (χ1n) is 11.5. The van der Waals surface area contributed by atoms with Crippen LogP contribution in [0.4, 0.5) is 0 Å². The molecular weight excluding hydrogens is 416 g/mol. The molecule has 0 bridgehead atoms. The summed E-state index contributed by atoms with van der Waals surface area (Å²) < 4.78 is 6.90. The third-order valence-corrected chi connectivity index (χ3v) is 11.0. The Kier molecular flexibility index (Phi) is 10.0. The van der Waals surface area contributed by atoms with Gasteiger partial charge in [0.1, 0.15) is 0 Å². The van der Waals surface area contributed by atoms with Crippen LogP contribution in [-0.4, -0.2) is 43.6 Å². The van der Waals surface area contributed by atoms with Crippen molar-refractivity contribution in [3.8, 4) is 0 Å². The maximum absolute atomic E-state index is 11.7. The van der Waals surface area contributed by atoms with Crippen molar-refractivity contribution in [3.63, 3.8) is 0 Å². The molecule has 0 amide bonds. The highest BCUT2D eigenvalue weighted by atomic mass is 28.4. The molecule has 32 heavy (non-hydrogen) atoms. The van der Waals surface area contributed by atoms with E-state index in [1.54, 1.807) is 0 Å². The van der Waals surface area contributed by atoms with E-state index in [4.69, 9.17) is 9.53 Å². The Morgan fingerprint density at radius 3 is 2.03 bits per heavy atom. The monoisotopic (exact) mass is 454 g/mol. The van der Waals surface area contributed by atoms with Crippen LogP contribution in [0.25, 0.3) is 0 Å². The minimum absolute atomic E-state index is 0.0255. The molecule has 2 N–H and O–H groups in total. The zero-order valence-electron chi connectivity index (χ0n) is 19.8. The van der Waals surface area contributed by atoms with Crippen LogP contribution in [0.15, 0.2) is 72.8 Å². The molecule has 4 nitrogen and oxygen atoms in total. The van der Waals surface area contributed by atoms with E-state index in [2.05, 4.69) is 69.3 Å². The molecule has 0 spiro atoms. The average Bonchev–Trinajstić information content (AvgIpc) is 2.78. The van der Waals surface area contributed by atoms with Crippen molar-refractivity contribution in [2.24, 2.45) is 5.92 Å². The number of carbonyl (C=O) groups excluding carboxylic acids is 1. The molecule has 5 heteroatoms. The second-order valence-electron chi connectivity index (χ2n) is 9.46. The Hall–Kier alpha value is -2.05. The van der Waals surface area contributed by atoms with Crippen LogP contribution in [0, 0.1) is 5.92 Å². The van der Waals surface area contributed by atoms with E-state index in [0.29, 0.717) is 25.9 Å². The van der Waals surface area contributed by atoms with Gasteiger partial charge in [0.15, 0.2) is 5.78 Å². The average molecular weight is 455 g/mol. The van der Waals surface area contributed by atoms with Crippen LogP contribution in [0.5, 0.6) is 0 Å². The highest BCUT2D eigenvalue weighted by Crippen LogP contribution is 2.37. The van der Waals surface area contributed by atoms with Gasteiger partial charge in [0, 0.05) is 18.9 Å². The highest BCUT2D eigenvalue weighted by molar-refractivity contribution is 6.99. The van der Waals surface area contributed by atoms with E-state index in [0.717, 1.165) is 0 Å². The molecule has 2 aromatic rings. The lowest BCUT2D eigenvalue weighted by Crippen LogP contribution is -2.67. The lowest BCUT2D eigenvalue weighted by molar-refractivity contribution is -0.114. The van der Waals surface area contributed by atoms with Crippen LogP contribution in [0.3, 0.4) is 0 Å². The van der Waals surface area contributed by atoms with Crippen molar-refractivity contribution in [1.82, 2.24) is 0 Å². The summed E-state index contributed by atoms with van der Waals surface area (Å²) in [4.78, 5) is 11.7. The fourth-order valence-corrected chi connectivity index (χ4v) is 8.83. The van der Waals surface area contributed by atoms with Crippen molar-refractivity contribution >= 4 is 24.5 Å². The number of hydrogen-bond donors (Lipinski definition) is 2. The summed E-state index contributed by atoms with van der Waals surface area (Å²) in [6, 6.07) is 21.0. The minimum Gasteiger partial charge on any atom is -0.407 e. The number of allylic oxidation sites excluding steroid dienone is 1. The molecule has 2 rings (SSSR count). The van der Waals surface area contributed by atoms with Gasteiger partial charge in [-0.05, 0) is 34.3 Å². The van der Waals surface area contributed by atoms with Crippen molar-refractivity contribution in [1.29, 1.82) is 0 Å². The van der Waals surface area contributed by atoms with Gasteiger partial charge in [0.25, 0.3) is 8.32 Å². The van der Waals surface area contributed by atoms with E-state index in [1.165, 1.54) is 22.5 Å². The molecule has 0 saturated carbocycles. The topological polar surface area (TPSA) is 66.8 Å². The number of ketones is 1. The van der Waals surface area contributed by atoms with Gasteiger partial charge in [-0.15, -0.1) is 0 Å². The normalized spacial score (nSPS) is 14.4.